The third-order valence-electron chi connectivity index (χ3n) is 2.46. The molecule has 0 aliphatic carbocycles. The summed E-state index contributed by atoms with van der Waals surface area (Å²) in [7, 11) is 0. The maximum absolute atomic E-state index is 11.5. The first-order valence-corrected chi connectivity index (χ1v) is 7.26. The average Bonchev–Trinajstić information content (AvgIpc) is 2.49. The Hall–Kier alpha value is -1.85. The number of amides is 1. The second kappa shape index (κ2) is 7.81. The molecule has 0 atom stereocenters. The van der Waals surface area contributed by atoms with Crippen LogP contribution in [0.25, 0.3) is 0 Å². The van der Waals surface area contributed by atoms with Crippen LogP contribution in [0.3, 0.4) is 0 Å². The minimum atomic E-state index is -0.335. The van der Waals surface area contributed by atoms with Crippen molar-refractivity contribution in [2.75, 3.05) is 6.61 Å². The quantitative estimate of drug-likeness (QED) is 0.648. The van der Waals surface area contributed by atoms with Crippen molar-refractivity contribution >= 4 is 39.7 Å². The molecule has 108 valence electrons. The van der Waals surface area contributed by atoms with E-state index >= 15 is 0 Å². The molecular formula is C15H12BrClN2O2. The molecule has 2 aromatic carbocycles. The summed E-state index contributed by atoms with van der Waals surface area (Å²) in [6, 6.07) is 14.3. The van der Waals surface area contributed by atoms with E-state index in [1.165, 1.54) is 0 Å². The molecule has 1 N–H and O–H groups in total. The molecule has 0 radical (unpaired) electrons. The zero-order valence-corrected chi connectivity index (χ0v) is 13.3. The molecular weight excluding hydrogens is 356 g/mol. The Kier molecular flexibility index (Phi) is 5.78. The zero-order chi connectivity index (χ0) is 15.1. The second-order valence-electron chi connectivity index (χ2n) is 4.09. The molecule has 2 aromatic rings. The maximum Gasteiger partial charge on any atom is 0.277 e. The summed E-state index contributed by atoms with van der Waals surface area (Å²) in [4.78, 5) is 11.5. The summed E-state index contributed by atoms with van der Waals surface area (Å²) in [5, 5.41) is 4.47. The Morgan fingerprint density at radius 2 is 1.86 bits per heavy atom. The van der Waals surface area contributed by atoms with Gasteiger partial charge in [0.05, 0.1) is 6.21 Å². The van der Waals surface area contributed by atoms with Crippen molar-refractivity contribution in [2.45, 2.75) is 0 Å². The Balaban J connectivity index is 1.77. The van der Waals surface area contributed by atoms with Crippen molar-refractivity contribution in [1.82, 2.24) is 5.43 Å². The fraction of sp³-hybridized carbons (Fsp3) is 0.0667. The van der Waals surface area contributed by atoms with Gasteiger partial charge in [0, 0.05) is 9.50 Å². The van der Waals surface area contributed by atoms with Crippen molar-refractivity contribution in [2.24, 2.45) is 5.10 Å². The summed E-state index contributed by atoms with van der Waals surface area (Å²) >= 11 is 9.10. The van der Waals surface area contributed by atoms with Gasteiger partial charge < -0.3 is 4.74 Å². The number of hydrazone groups is 1. The van der Waals surface area contributed by atoms with Gasteiger partial charge in [0.25, 0.3) is 5.91 Å². The van der Waals surface area contributed by atoms with E-state index in [9.17, 15) is 4.79 Å². The van der Waals surface area contributed by atoms with Gasteiger partial charge >= 0.3 is 0 Å². The van der Waals surface area contributed by atoms with E-state index in [1.807, 2.05) is 24.3 Å². The van der Waals surface area contributed by atoms with Crippen LogP contribution in [0.1, 0.15) is 5.56 Å². The molecule has 21 heavy (non-hydrogen) atoms. The van der Waals surface area contributed by atoms with Crippen LogP contribution >= 0.6 is 27.5 Å². The van der Waals surface area contributed by atoms with Gasteiger partial charge in [-0.25, -0.2) is 5.43 Å². The summed E-state index contributed by atoms with van der Waals surface area (Å²) in [5.74, 6) is 0.241. The second-order valence-corrected chi connectivity index (χ2v) is 5.44. The summed E-state index contributed by atoms with van der Waals surface area (Å²) in [6.45, 7) is -0.112. The van der Waals surface area contributed by atoms with Gasteiger partial charge in [0.15, 0.2) is 6.61 Å². The Bertz CT molecular complexity index is 627. The monoisotopic (exact) mass is 366 g/mol. The summed E-state index contributed by atoms with van der Waals surface area (Å²) in [5.41, 5.74) is 3.28. The van der Waals surface area contributed by atoms with Crippen LogP contribution in [-0.2, 0) is 4.79 Å². The van der Waals surface area contributed by atoms with E-state index in [1.54, 1.807) is 30.5 Å². The molecule has 2 rings (SSSR count). The Labute approximate surface area is 135 Å². The lowest BCUT2D eigenvalue weighted by atomic mass is 10.2. The summed E-state index contributed by atoms with van der Waals surface area (Å²) < 4.78 is 6.28. The summed E-state index contributed by atoms with van der Waals surface area (Å²) in [6.07, 6.45) is 1.56. The predicted octanol–water partition coefficient (Wildman–Crippen LogP) is 3.63. The number of hydrogen-bond acceptors (Lipinski definition) is 3. The molecule has 0 aliphatic rings. The van der Waals surface area contributed by atoms with Crippen LogP contribution in [0, 0.1) is 0 Å². The van der Waals surface area contributed by atoms with Crippen molar-refractivity contribution in [3.8, 4) is 5.75 Å². The number of nitrogens with one attached hydrogen (secondary N) is 1. The smallest absolute Gasteiger partial charge is 0.277 e. The number of ether oxygens (including phenoxy) is 1. The Morgan fingerprint density at radius 1 is 1.19 bits per heavy atom. The number of carbonyl (C=O) groups excluding carboxylic acids is 1. The van der Waals surface area contributed by atoms with Gasteiger partial charge in [0.2, 0.25) is 0 Å². The van der Waals surface area contributed by atoms with Crippen molar-refractivity contribution in [3.63, 3.8) is 0 Å². The van der Waals surface area contributed by atoms with Gasteiger partial charge in [-0.2, -0.15) is 5.10 Å². The number of hydrogen-bond donors (Lipinski definition) is 1. The van der Waals surface area contributed by atoms with Crippen molar-refractivity contribution < 1.29 is 9.53 Å². The molecule has 0 saturated heterocycles. The van der Waals surface area contributed by atoms with Gasteiger partial charge in [-0.1, -0.05) is 39.7 Å². The van der Waals surface area contributed by atoms with Crippen LogP contribution in [0.4, 0.5) is 0 Å². The Morgan fingerprint density at radius 3 is 2.52 bits per heavy atom. The number of rotatable bonds is 5. The van der Waals surface area contributed by atoms with Gasteiger partial charge in [-0.15, -0.1) is 0 Å². The number of halogens is 2. The lowest BCUT2D eigenvalue weighted by molar-refractivity contribution is -0.123. The van der Waals surface area contributed by atoms with E-state index in [0.717, 1.165) is 10.0 Å². The van der Waals surface area contributed by atoms with Crippen LogP contribution in [0.5, 0.6) is 5.75 Å². The van der Waals surface area contributed by atoms with Crippen LogP contribution in [0.2, 0.25) is 5.02 Å². The van der Waals surface area contributed by atoms with E-state index in [0.29, 0.717) is 10.8 Å². The fourth-order valence-electron chi connectivity index (χ4n) is 1.44. The average molecular weight is 368 g/mol. The van der Waals surface area contributed by atoms with E-state index in [4.69, 9.17) is 16.3 Å². The minimum absolute atomic E-state index is 0.112. The normalized spacial score (nSPS) is 10.6. The third kappa shape index (κ3) is 5.57. The first-order valence-electron chi connectivity index (χ1n) is 6.09. The highest BCUT2D eigenvalue weighted by Crippen LogP contribution is 2.15. The number of carbonyl (C=O) groups is 1. The molecule has 0 bridgehead atoms. The highest BCUT2D eigenvalue weighted by molar-refractivity contribution is 9.10. The predicted molar refractivity (Wildman–Crippen MR) is 86.8 cm³/mol. The molecule has 0 saturated carbocycles. The molecule has 0 aromatic heterocycles. The number of benzene rings is 2. The fourth-order valence-corrected chi connectivity index (χ4v) is 1.83. The first-order chi connectivity index (χ1) is 10.1. The molecule has 1 amide bonds. The SMILES string of the molecule is O=C(COc1ccc(Cl)cc1)NN=Cc1ccc(Br)cc1. The van der Waals surface area contributed by atoms with Crippen LogP contribution in [-0.4, -0.2) is 18.7 Å². The van der Waals surface area contributed by atoms with Crippen LogP contribution in [0.15, 0.2) is 58.1 Å². The third-order valence-corrected chi connectivity index (χ3v) is 3.24. The largest absolute Gasteiger partial charge is 0.484 e. The maximum atomic E-state index is 11.5. The first kappa shape index (κ1) is 15.5. The number of nitrogens with zero attached hydrogens (tertiary/aromatic N) is 1. The molecule has 0 spiro atoms. The van der Waals surface area contributed by atoms with Crippen LogP contribution < -0.4 is 10.2 Å². The topological polar surface area (TPSA) is 50.7 Å². The van der Waals surface area contributed by atoms with Gasteiger partial charge in [-0.3, -0.25) is 4.79 Å². The molecule has 4 nitrogen and oxygen atoms in total. The molecule has 0 heterocycles. The van der Waals surface area contributed by atoms with Crippen molar-refractivity contribution in [1.29, 1.82) is 0 Å². The molecule has 6 heteroatoms. The standard InChI is InChI=1S/C15H12BrClN2O2/c16-12-3-1-11(2-4-12)9-18-19-15(20)10-21-14-7-5-13(17)6-8-14/h1-9H,10H2,(H,19,20). The van der Waals surface area contributed by atoms with E-state index in [2.05, 4.69) is 26.5 Å². The zero-order valence-electron chi connectivity index (χ0n) is 10.9. The highest BCUT2D eigenvalue weighted by atomic mass is 79.9. The van der Waals surface area contributed by atoms with Crippen molar-refractivity contribution in [3.05, 3.63) is 63.6 Å². The van der Waals surface area contributed by atoms with Gasteiger partial charge in [0.1, 0.15) is 5.75 Å². The van der Waals surface area contributed by atoms with E-state index < -0.39 is 0 Å². The molecule has 0 aliphatic heterocycles. The van der Waals surface area contributed by atoms with E-state index in [-0.39, 0.29) is 12.5 Å². The lowest BCUT2D eigenvalue weighted by Gasteiger charge is -2.04. The lowest BCUT2D eigenvalue weighted by Crippen LogP contribution is -2.24. The molecule has 0 fully saturated rings. The highest BCUT2D eigenvalue weighted by Gasteiger charge is 2.01. The van der Waals surface area contributed by atoms with Gasteiger partial charge in [-0.05, 0) is 42.0 Å². The minimum Gasteiger partial charge on any atom is -0.484 e. The molecule has 0 unspecified atom stereocenters.